The zero-order valence-electron chi connectivity index (χ0n) is 6.63. The van der Waals surface area contributed by atoms with Crippen LogP contribution in [0.4, 0.5) is 0 Å². The normalized spacial score (nSPS) is 38.4. The third-order valence-corrected chi connectivity index (χ3v) is 1.61. The van der Waals surface area contributed by atoms with E-state index >= 15 is 0 Å². The van der Waals surface area contributed by atoms with Crippen LogP contribution in [0.1, 0.15) is 20.8 Å². The first kappa shape index (κ1) is 7.98. The number of ether oxygens (including phenoxy) is 2. The summed E-state index contributed by atoms with van der Waals surface area (Å²) in [4.78, 5) is 0. The van der Waals surface area contributed by atoms with Gasteiger partial charge in [-0.1, -0.05) is 0 Å². The predicted molar refractivity (Wildman–Crippen MR) is 36.6 cm³/mol. The van der Waals surface area contributed by atoms with Crippen molar-refractivity contribution in [2.24, 2.45) is 0 Å². The molecule has 1 aliphatic heterocycles. The van der Waals surface area contributed by atoms with E-state index in [-0.39, 0.29) is 18.8 Å². The van der Waals surface area contributed by atoms with Crippen LogP contribution in [-0.2, 0) is 9.47 Å². The monoisotopic (exact) mass is 146 g/mol. The summed E-state index contributed by atoms with van der Waals surface area (Å²) < 4.78 is 10.7. The summed E-state index contributed by atoms with van der Waals surface area (Å²) in [7, 11) is 0. The number of rotatable bonds is 1. The van der Waals surface area contributed by atoms with Gasteiger partial charge in [-0.2, -0.15) is 0 Å². The fourth-order valence-electron chi connectivity index (χ4n) is 1.20. The molecule has 1 fully saturated rings. The Kier molecular flexibility index (Phi) is 1.99. The summed E-state index contributed by atoms with van der Waals surface area (Å²) >= 11 is 0. The first-order valence-electron chi connectivity index (χ1n) is 3.51. The van der Waals surface area contributed by atoms with Gasteiger partial charge < -0.3 is 14.6 Å². The lowest BCUT2D eigenvalue weighted by molar-refractivity contribution is -0.147. The van der Waals surface area contributed by atoms with Crippen molar-refractivity contribution < 1.29 is 14.6 Å². The van der Waals surface area contributed by atoms with Gasteiger partial charge in [0.25, 0.3) is 0 Å². The molecule has 1 rings (SSSR count). The smallest absolute Gasteiger partial charge is 0.163 e. The quantitative estimate of drug-likeness (QED) is 0.586. The van der Waals surface area contributed by atoms with Crippen molar-refractivity contribution in [3.05, 3.63) is 0 Å². The van der Waals surface area contributed by atoms with Gasteiger partial charge in [-0.25, -0.2) is 0 Å². The second-order valence-electron chi connectivity index (χ2n) is 3.06. The largest absolute Gasteiger partial charge is 0.394 e. The average molecular weight is 146 g/mol. The molecule has 1 saturated heterocycles. The summed E-state index contributed by atoms with van der Waals surface area (Å²) in [5.74, 6) is -0.521. The molecule has 0 amide bonds. The maximum Gasteiger partial charge on any atom is 0.163 e. The minimum absolute atomic E-state index is 0.000000000000000222. The van der Waals surface area contributed by atoms with Gasteiger partial charge in [0.05, 0.1) is 12.7 Å². The maximum absolute atomic E-state index is 8.76. The Morgan fingerprint density at radius 2 is 2.00 bits per heavy atom. The van der Waals surface area contributed by atoms with E-state index in [1.807, 2.05) is 20.8 Å². The highest BCUT2D eigenvalue weighted by Crippen LogP contribution is 2.27. The van der Waals surface area contributed by atoms with E-state index in [1.54, 1.807) is 0 Å². The Balaban J connectivity index is 2.52. The third-order valence-electron chi connectivity index (χ3n) is 1.61. The molecule has 0 aromatic carbocycles. The molecule has 2 atom stereocenters. The van der Waals surface area contributed by atoms with Gasteiger partial charge in [-0.3, -0.25) is 0 Å². The average Bonchev–Trinajstić information content (AvgIpc) is 2.05. The second kappa shape index (κ2) is 2.49. The van der Waals surface area contributed by atoms with Crippen LogP contribution in [0.3, 0.4) is 0 Å². The van der Waals surface area contributed by atoms with Crippen LogP contribution >= 0.6 is 0 Å². The van der Waals surface area contributed by atoms with Crippen molar-refractivity contribution in [3.8, 4) is 0 Å². The molecule has 60 valence electrons. The molecule has 0 aliphatic carbocycles. The fourth-order valence-corrected chi connectivity index (χ4v) is 1.20. The van der Waals surface area contributed by atoms with Gasteiger partial charge >= 0.3 is 0 Å². The summed E-state index contributed by atoms with van der Waals surface area (Å²) in [6, 6.07) is 0. The maximum atomic E-state index is 8.76. The van der Waals surface area contributed by atoms with Crippen molar-refractivity contribution in [1.82, 2.24) is 0 Å². The van der Waals surface area contributed by atoms with E-state index in [0.29, 0.717) is 0 Å². The van der Waals surface area contributed by atoms with Crippen molar-refractivity contribution in [2.45, 2.75) is 38.8 Å². The molecule has 0 radical (unpaired) electrons. The lowest BCUT2D eigenvalue weighted by Gasteiger charge is -2.15. The van der Waals surface area contributed by atoms with Crippen molar-refractivity contribution in [1.29, 1.82) is 0 Å². The molecule has 0 aromatic rings. The lowest BCUT2D eigenvalue weighted by Crippen LogP contribution is -2.24. The van der Waals surface area contributed by atoms with Crippen molar-refractivity contribution >= 4 is 0 Å². The van der Waals surface area contributed by atoms with E-state index in [4.69, 9.17) is 14.6 Å². The number of hydrogen-bond donors (Lipinski definition) is 1. The predicted octanol–water partition coefficient (Wildman–Crippen LogP) is 0.519. The van der Waals surface area contributed by atoms with E-state index in [9.17, 15) is 0 Å². The van der Waals surface area contributed by atoms with Crippen molar-refractivity contribution in [2.75, 3.05) is 6.61 Å². The van der Waals surface area contributed by atoms with Gasteiger partial charge in [0.2, 0.25) is 0 Å². The minimum atomic E-state index is -0.521. The molecule has 1 N–H and O–H groups in total. The van der Waals surface area contributed by atoms with Crippen LogP contribution in [-0.4, -0.2) is 29.7 Å². The van der Waals surface area contributed by atoms with Crippen LogP contribution in [0.2, 0.25) is 0 Å². The van der Waals surface area contributed by atoms with Crippen LogP contribution in [0, 0.1) is 0 Å². The van der Waals surface area contributed by atoms with Gasteiger partial charge in [0.15, 0.2) is 5.79 Å². The molecular formula is C7H14O3. The standard InChI is InChI=1S/C7H14O3/c1-5-6(4-8)10-7(2,3)9-5/h5-6,8H,4H2,1-3H3/t5-,6+/m0/s1. The number of aliphatic hydroxyl groups excluding tert-OH is 1. The minimum Gasteiger partial charge on any atom is -0.394 e. The molecule has 3 heteroatoms. The molecule has 3 nitrogen and oxygen atoms in total. The van der Waals surface area contributed by atoms with Crippen LogP contribution in [0.15, 0.2) is 0 Å². The molecule has 0 bridgehead atoms. The molecule has 0 unspecified atom stereocenters. The zero-order chi connectivity index (χ0) is 7.78. The first-order valence-corrected chi connectivity index (χ1v) is 3.51. The number of aliphatic hydroxyl groups is 1. The molecule has 10 heavy (non-hydrogen) atoms. The Hall–Kier alpha value is -0.120. The molecule has 0 aromatic heterocycles. The van der Waals surface area contributed by atoms with E-state index in [1.165, 1.54) is 0 Å². The molecular weight excluding hydrogens is 132 g/mol. The second-order valence-corrected chi connectivity index (χ2v) is 3.06. The highest BCUT2D eigenvalue weighted by molar-refractivity contribution is 4.76. The van der Waals surface area contributed by atoms with Crippen LogP contribution < -0.4 is 0 Å². The van der Waals surface area contributed by atoms with Gasteiger partial charge in [0.1, 0.15) is 6.10 Å². The van der Waals surface area contributed by atoms with Crippen LogP contribution in [0.25, 0.3) is 0 Å². The van der Waals surface area contributed by atoms with Gasteiger partial charge in [0, 0.05) is 0 Å². The SMILES string of the molecule is C[C@@H]1OC(C)(C)O[C@@H]1CO. The van der Waals surface area contributed by atoms with Crippen molar-refractivity contribution in [3.63, 3.8) is 0 Å². The lowest BCUT2D eigenvalue weighted by atomic mass is 10.2. The van der Waals surface area contributed by atoms with Gasteiger partial charge in [-0.05, 0) is 20.8 Å². The Morgan fingerprint density at radius 3 is 2.20 bits per heavy atom. The highest BCUT2D eigenvalue weighted by Gasteiger charge is 2.37. The Labute approximate surface area is 60.9 Å². The molecule has 0 saturated carbocycles. The van der Waals surface area contributed by atoms with E-state index in [2.05, 4.69) is 0 Å². The number of hydrogen-bond acceptors (Lipinski definition) is 3. The van der Waals surface area contributed by atoms with Crippen LogP contribution in [0.5, 0.6) is 0 Å². The zero-order valence-corrected chi connectivity index (χ0v) is 6.63. The van der Waals surface area contributed by atoms with E-state index < -0.39 is 5.79 Å². The Morgan fingerprint density at radius 1 is 1.40 bits per heavy atom. The topological polar surface area (TPSA) is 38.7 Å². The summed E-state index contributed by atoms with van der Waals surface area (Å²) in [6.07, 6.45) is -0.157. The fraction of sp³-hybridized carbons (Fsp3) is 1.00. The van der Waals surface area contributed by atoms with Gasteiger partial charge in [-0.15, -0.1) is 0 Å². The Bertz CT molecular complexity index is 122. The summed E-state index contributed by atoms with van der Waals surface area (Å²) in [6.45, 7) is 5.62. The molecule has 0 spiro atoms. The third kappa shape index (κ3) is 1.48. The summed E-state index contributed by atoms with van der Waals surface area (Å²) in [5, 5.41) is 8.76. The molecule has 1 heterocycles. The summed E-state index contributed by atoms with van der Waals surface area (Å²) in [5.41, 5.74) is 0. The highest BCUT2D eigenvalue weighted by atomic mass is 16.8. The van der Waals surface area contributed by atoms with E-state index in [0.717, 1.165) is 0 Å². The molecule has 1 aliphatic rings. The first-order chi connectivity index (χ1) is 4.55.